The Morgan fingerprint density at radius 1 is 1.09 bits per heavy atom. The molecule has 114 valence electrons. The van der Waals surface area contributed by atoms with Gasteiger partial charge in [0, 0.05) is 25.9 Å². The van der Waals surface area contributed by atoms with E-state index in [1.165, 1.54) is 6.92 Å². The van der Waals surface area contributed by atoms with Crippen molar-refractivity contribution in [3.63, 3.8) is 0 Å². The van der Waals surface area contributed by atoms with Crippen LogP contribution in [0.15, 0.2) is 36.5 Å². The summed E-state index contributed by atoms with van der Waals surface area (Å²) in [5.74, 6) is -0.111. The molecule has 2 aromatic rings. The van der Waals surface area contributed by atoms with E-state index in [1.807, 2.05) is 13.0 Å². The largest absolute Gasteiger partial charge is 0.388 e. The first-order valence-electron chi connectivity index (χ1n) is 6.83. The Kier molecular flexibility index (Phi) is 4.73. The van der Waals surface area contributed by atoms with E-state index in [4.69, 9.17) is 0 Å². The van der Waals surface area contributed by atoms with Gasteiger partial charge in [0.1, 0.15) is 5.82 Å². The van der Waals surface area contributed by atoms with Gasteiger partial charge in [0.25, 0.3) is 5.91 Å². The molecule has 1 aromatic heterocycles. The number of nitrogens with one attached hydrogen (secondary N) is 3. The predicted molar refractivity (Wildman–Crippen MR) is 87.2 cm³/mol. The predicted octanol–water partition coefficient (Wildman–Crippen LogP) is 2.64. The summed E-state index contributed by atoms with van der Waals surface area (Å²) in [6, 6.07) is 8.72. The smallest absolute Gasteiger partial charge is 0.258 e. The van der Waals surface area contributed by atoms with Crippen molar-refractivity contribution in [2.24, 2.45) is 0 Å². The third-order valence-electron chi connectivity index (χ3n) is 3.02. The maximum absolute atomic E-state index is 12.4. The van der Waals surface area contributed by atoms with Crippen LogP contribution in [-0.4, -0.2) is 23.8 Å². The van der Waals surface area contributed by atoms with E-state index in [-0.39, 0.29) is 11.8 Å². The number of pyridine rings is 1. The van der Waals surface area contributed by atoms with Crippen molar-refractivity contribution in [2.75, 3.05) is 23.0 Å². The van der Waals surface area contributed by atoms with Gasteiger partial charge in [0.15, 0.2) is 0 Å². The summed E-state index contributed by atoms with van der Waals surface area (Å²) < 4.78 is 0. The topological polar surface area (TPSA) is 83.1 Å². The van der Waals surface area contributed by atoms with Gasteiger partial charge in [-0.15, -0.1) is 0 Å². The molecule has 1 aromatic carbocycles. The van der Waals surface area contributed by atoms with E-state index in [9.17, 15) is 9.59 Å². The van der Waals surface area contributed by atoms with Crippen LogP contribution in [0.1, 0.15) is 22.8 Å². The van der Waals surface area contributed by atoms with Crippen LogP contribution >= 0.6 is 0 Å². The van der Waals surface area contributed by atoms with Gasteiger partial charge in [-0.25, -0.2) is 4.98 Å². The fraction of sp³-hybridized carbons (Fsp3) is 0.188. The van der Waals surface area contributed by atoms with Crippen LogP contribution in [0.4, 0.5) is 17.2 Å². The molecule has 0 bridgehead atoms. The van der Waals surface area contributed by atoms with Gasteiger partial charge in [0.2, 0.25) is 5.91 Å². The Labute approximate surface area is 129 Å². The number of rotatable bonds is 4. The standard InChI is InChI=1S/C16H18N4O2/c1-10-4-7-15(18-9-10)20-16(22)13-6-5-12(17-3)8-14(13)19-11(2)21/h4-9,17H,1-3H3,(H,19,21)(H,18,20,22). The fourth-order valence-electron chi connectivity index (χ4n) is 1.92. The Balaban J connectivity index is 2.27. The molecule has 0 radical (unpaired) electrons. The van der Waals surface area contributed by atoms with Crippen LogP contribution in [0.5, 0.6) is 0 Å². The van der Waals surface area contributed by atoms with Gasteiger partial charge in [0.05, 0.1) is 11.3 Å². The second kappa shape index (κ2) is 6.71. The molecule has 0 aliphatic rings. The van der Waals surface area contributed by atoms with E-state index in [2.05, 4.69) is 20.9 Å². The Morgan fingerprint density at radius 2 is 1.86 bits per heavy atom. The molecule has 0 atom stereocenters. The molecule has 2 amide bonds. The van der Waals surface area contributed by atoms with E-state index < -0.39 is 0 Å². The number of hydrogen-bond donors (Lipinski definition) is 3. The second-order valence-corrected chi connectivity index (χ2v) is 4.87. The van der Waals surface area contributed by atoms with Crippen molar-refractivity contribution in [3.05, 3.63) is 47.7 Å². The Bertz CT molecular complexity index is 696. The first kappa shape index (κ1) is 15.5. The van der Waals surface area contributed by atoms with Crippen molar-refractivity contribution in [2.45, 2.75) is 13.8 Å². The number of carbonyl (C=O) groups excluding carboxylic acids is 2. The van der Waals surface area contributed by atoms with E-state index in [1.54, 1.807) is 37.5 Å². The van der Waals surface area contributed by atoms with Crippen LogP contribution in [0.2, 0.25) is 0 Å². The normalized spacial score (nSPS) is 9.95. The maximum Gasteiger partial charge on any atom is 0.258 e. The summed E-state index contributed by atoms with van der Waals surface area (Å²) in [5, 5.41) is 8.35. The third-order valence-corrected chi connectivity index (χ3v) is 3.02. The van der Waals surface area contributed by atoms with Gasteiger partial charge in [-0.3, -0.25) is 9.59 Å². The van der Waals surface area contributed by atoms with Crippen molar-refractivity contribution >= 4 is 29.0 Å². The molecule has 1 heterocycles. The summed E-state index contributed by atoms with van der Waals surface area (Å²) in [6.07, 6.45) is 1.68. The molecule has 6 nitrogen and oxygen atoms in total. The SMILES string of the molecule is CNc1ccc(C(=O)Nc2ccc(C)cn2)c(NC(C)=O)c1. The van der Waals surface area contributed by atoms with Crippen LogP contribution in [0, 0.1) is 6.92 Å². The zero-order valence-corrected chi connectivity index (χ0v) is 12.7. The molecule has 0 spiro atoms. The van der Waals surface area contributed by atoms with Crippen molar-refractivity contribution in [1.29, 1.82) is 0 Å². The monoisotopic (exact) mass is 298 g/mol. The Morgan fingerprint density at radius 3 is 2.45 bits per heavy atom. The quantitative estimate of drug-likeness (QED) is 0.810. The summed E-state index contributed by atoms with van der Waals surface area (Å²) in [6.45, 7) is 3.32. The average molecular weight is 298 g/mol. The van der Waals surface area contributed by atoms with Gasteiger partial charge in [-0.05, 0) is 36.8 Å². The van der Waals surface area contributed by atoms with Gasteiger partial charge < -0.3 is 16.0 Å². The highest BCUT2D eigenvalue weighted by Crippen LogP contribution is 2.22. The van der Waals surface area contributed by atoms with Gasteiger partial charge in [-0.2, -0.15) is 0 Å². The molecule has 0 aliphatic carbocycles. The number of hydrogen-bond acceptors (Lipinski definition) is 4. The van der Waals surface area contributed by atoms with E-state index >= 15 is 0 Å². The molecule has 0 saturated heterocycles. The molecule has 3 N–H and O–H groups in total. The lowest BCUT2D eigenvalue weighted by molar-refractivity contribution is -0.114. The Hall–Kier alpha value is -2.89. The highest BCUT2D eigenvalue weighted by atomic mass is 16.2. The average Bonchev–Trinajstić information content (AvgIpc) is 2.48. The van der Waals surface area contributed by atoms with Crippen molar-refractivity contribution in [1.82, 2.24) is 4.98 Å². The van der Waals surface area contributed by atoms with Crippen LogP contribution in [0.3, 0.4) is 0 Å². The fourth-order valence-corrected chi connectivity index (χ4v) is 1.92. The minimum atomic E-state index is -0.331. The zero-order valence-electron chi connectivity index (χ0n) is 12.7. The molecule has 0 saturated carbocycles. The number of aryl methyl sites for hydroxylation is 1. The number of anilines is 3. The first-order valence-corrected chi connectivity index (χ1v) is 6.83. The lowest BCUT2D eigenvalue weighted by Gasteiger charge is -2.12. The molecular weight excluding hydrogens is 280 g/mol. The number of nitrogens with zero attached hydrogens (tertiary/aromatic N) is 1. The minimum absolute atomic E-state index is 0.240. The first-order chi connectivity index (χ1) is 10.5. The zero-order chi connectivity index (χ0) is 16.1. The summed E-state index contributed by atoms with van der Waals surface area (Å²) in [4.78, 5) is 27.8. The van der Waals surface area contributed by atoms with Gasteiger partial charge in [-0.1, -0.05) is 6.07 Å². The summed E-state index contributed by atoms with van der Waals surface area (Å²) >= 11 is 0. The lowest BCUT2D eigenvalue weighted by Crippen LogP contribution is -2.17. The minimum Gasteiger partial charge on any atom is -0.388 e. The summed E-state index contributed by atoms with van der Waals surface area (Å²) in [5.41, 5.74) is 2.63. The highest BCUT2D eigenvalue weighted by molar-refractivity contribution is 6.10. The second-order valence-electron chi connectivity index (χ2n) is 4.87. The lowest BCUT2D eigenvalue weighted by atomic mass is 10.1. The van der Waals surface area contributed by atoms with E-state index in [0.717, 1.165) is 11.3 Å². The van der Waals surface area contributed by atoms with Crippen LogP contribution < -0.4 is 16.0 Å². The summed E-state index contributed by atoms with van der Waals surface area (Å²) in [7, 11) is 1.77. The van der Waals surface area contributed by atoms with Gasteiger partial charge >= 0.3 is 0 Å². The van der Waals surface area contributed by atoms with Crippen molar-refractivity contribution in [3.8, 4) is 0 Å². The van der Waals surface area contributed by atoms with E-state index in [0.29, 0.717) is 17.1 Å². The number of aromatic nitrogens is 1. The molecule has 0 fully saturated rings. The molecule has 2 rings (SSSR count). The molecular formula is C16H18N4O2. The number of amides is 2. The third kappa shape index (κ3) is 3.82. The molecule has 0 aliphatic heterocycles. The van der Waals surface area contributed by atoms with Crippen LogP contribution in [0.25, 0.3) is 0 Å². The van der Waals surface area contributed by atoms with Crippen molar-refractivity contribution < 1.29 is 9.59 Å². The molecule has 6 heteroatoms. The number of benzene rings is 1. The number of carbonyl (C=O) groups is 2. The molecule has 0 unspecified atom stereocenters. The highest BCUT2D eigenvalue weighted by Gasteiger charge is 2.13. The molecule has 22 heavy (non-hydrogen) atoms. The van der Waals surface area contributed by atoms with Crippen LogP contribution in [-0.2, 0) is 4.79 Å². The maximum atomic E-state index is 12.4.